The summed E-state index contributed by atoms with van der Waals surface area (Å²) in [6.45, 7) is 3.70. The van der Waals surface area contributed by atoms with Gasteiger partial charge >= 0.3 is 0 Å². The van der Waals surface area contributed by atoms with E-state index in [1.165, 1.54) is 49.8 Å². The number of hydrogen-bond acceptors (Lipinski definition) is 2. The number of phenols is 1. The van der Waals surface area contributed by atoms with Gasteiger partial charge in [-0.1, -0.05) is 25.8 Å². The lowest BCUT2D eigenvalue weighted by Gasteiger charge is -2.65. The summed E-state index contributed by atoms with van der Waals surface area (Å²) < 4.78 is 0.969. The van der Waals surface area contributed by atoms with Gasteiger partial charge in [0.15, 0.2) is 0 Å². The van der Waals surface area contributed by atoms with Crippen LogP contribution in [0.3, 0.4) is 0 Å². The topological polar surface area (TPSA) is 23.5 Å². The van der Waals surface area contributed by atoms with Crippen LogP contribution in [-0.2, 0) is 11.8 Å². The fraction of sp³-hybridized carbons (Fsp3) is 0.667. The van der Waals surface area contributed by atoms with E-state index in [-0.39, 0.29) is 5.41 Å². The van der Waals surface area contributed by atoms with Crippen LogP contribution < -0.4 is 0 Å². The molecule has 1 saturated heterocycles. The van der Waals surface area contributed by atoms with E-state index in [1.807, 2.05) is 6.07 Å². The van der Waals surface area contributed by atoms with Crippen LogP contribution in [0.5, 0.6) is 5.75 Å². The van der Waals surface area contributed by atoms with Crippen LogP contribution in [-0.4, -0.2) is 29.6 Å². The molecule has 1 N–H and O–H groups in total. The quantitative estimate of drug-likeness (QED) is 0.757. The van der Waals surface area contributed by atoms with Crippen molar-refractivity contribution in [2.45, 2.75) is 56.9 Å². The largest absolute Gasteiger partial charge is 0.507 e. The van der Waals surface area contributed by atoms with Crippen molar-refractivity contribution in [2.75, 3.05) is 13.6 Å². The molecule has 3 atom stereocenters. The highest BCUT2D eigenvalue weighted by Crippen LogP contribution is 2.64. The Labute approximate surface area is 135 Å². The molecule has 2 nitrogen and oxygen atoms in total. The summed E-state index contributed by atoms with van der Waals surface area (Å²) in [5.41, 5.74) is 3.50. The van der Waals surface area contributed by atoms with Crippen LogP contribution in [0.4, 0.5) is 0 Å². The average molecular weight is 350 g/mol. The van der Waals surface area contributed by atoms with Gasteiger partial charge in [-0.25, -0.2) is 0 Å². The monoisotopic (exact) mass is 349 g/mol. The molecule has 0 unspecified atom stereocenters. The second-order valence-corrected chi connectivity index (χ2v) is 8.38. The number of piperidine rings is 1. The van der Waals surface area contributed by atoms with Crippen LogP contribution in [0.25, 0.3) is 0 Å². The van der Waals surface area contributed by atoms with E-state index in [2.05, 4.69) is 40.9 Å². The second-order valence-electron chi connectivity index (χ2n) is 7.59. The van der Waals surface area contributed by atoms with Gasteiger partial charge in [0, 0.05) is 11.5 Å². The number of fused-ring (bicyclic) bond motifs is 1. The number of likely N-dealkylation sites (tertiary alicyclic amines) is 1. The van der Waals surface area contributed by atoms with Crippen molar-refractivity contribution in [3.63, 3.8) is 0 Å². The zero-order valence-corrected chi connectivity index (χ0v) is 14.5. The summed E-state index contributed by atoms with van der Waals surface area (Å²) in [5.74, 6) is 0.411. The van der Waals surface area contributed by atoms with E-state index < -0.39 is 0 Å². The Morgan fingerprint density at radius 3 is 2.81 bits per heavy atom. The zero-order valence-electron chi connectivity index (χ0n) is 13.0. The van der Waals surface area contributed by atoms with Crippen LogP contribution in [0, 0.1) is 5.41 Å². The molecule has 2 aliphatic carbocycles. The Morgan fingerprint density at radius 1 is 1.24 bits per heavy atom. The first-order valence-corrected chi connectivity index (χ1v) is 9.00. The maximum absolute atomic E-state index is 10.2. The van der Waals surface area contributed by atoms with Crippen LogP contribution in [0.15, 0.2) is 16.6 Å². The molecule has 1 aromatic carbocycles. The van der Waals surface area contributed by atoms with Crippen molar-refractivity contribution in [3.8, 4) is 5.75 Å². The van der Waals surface area contributed by atoms with E-state index in [0.717, 1.165) is 10.9 Å². The third-order valence-electron chi connectivity index (χ3n) is 6.90. The molecule has 21 heavy (non-hydrogen) atoms. The summed E-state index contributed by atoms with van der Waals surface area (Å²) in [6, 6.07) is 4.67. The van der Waals surface area contributed by atoms with Gasteiger partial charge in [0.2, 0.25) is 0 Å². The second kappa shape index (κ2) is 4.48. The van der Waals surface area contributed by atoms with Crippen LogP contribution in [0.1, 0.15) is 50.2 Å². The Morgan fingerprint density at radius 2 is 2.00 bits per heavy atom. The summed E-state index contributed by atoms with van der Waals surface area (Å²) in [4.78, 5) is 2.59. The molecule has 0 amide bonds. The minimum Gasteiger partial charge on any atom is -0.507 e. The highest BCUT2D eigenvalue weighted by molar-refractivity contribution is 9.10. The molecule has 0 spiro atoms. The summed E-state index contributed by atoms with van der Waals surface area (Å²) in [6.07, 6.45) is 7.64. The first kappa shape index (κ1) is 14.1. The summed E-state index contributed by atoms with van der Waals surface area (Å²) in [7, 11) is 2.30. The molecule has 0 radical (unpaired) electrons. The third kappa shape index (κ3) is 1.62. The highest BCUT2D eigenvalue weighted by atomic mass is 79.9. The van der Waals surface area contributed by atoms with Gasteiger partial charge in [-0.2, -0.15) is 0 Å². The van der Waals surface area contributed by atoms with E-state index in [4.69, 9.17) is 0 Å². The van der Waals surface area contributed by atoms with Gasteiger partial charge < -0.3 is 10.0 Å². The van der Waals surface area contributed by atoms with Crippen LogP contribution >= 0.6 is 15.9 Å². The predicted octanol–water partition coefficient (Wildman–Crippen LogP) is 4.23. The van der Waals surface area contributed by atoms with E-state index in [0.29, 0.717) is 17.2 Å². The van der Waals surface area contributed by atoms with E-state index in [9.17, 15) is 5.11 Å². The first-order chi connectivity index (χ1) is 9.99. The predicted molar refractivity (Wildman–Crippen MR) is 88.8 cm³/mol. The van der Waals surface area contributed by atoms with E-state index >= 15 is 0 Å². The highest BCUT2D eigenvalue weighted by Gasteiger charge is 2.61. The van der Waals surface area contributed by atoms with Crippen molar-refractivity contribution in [1.82, 2.24) is 4.90 Å². The molecule has 1 saturated carbocycles. The maximum Gasteiger partial charge on any atom is 0.130 e. The normalized spacial score (nSPS) is 38.7. The zero-order chi connectivity index (χ0) is 14.8. The maximum atomic E-state index is 10.2. The molecule has 3 aliphatic rings. The Bertz CT molecular complexity index is 601. The minimum atomic E-state index is 0.258. The van der Waals surface area contributed by atoms with Crippen LogP contribution in [0.2, 0.25) is 0 Å². The number of benzene rings is 1. The summed E-state index contributed by atoms with van der Waals surface area (Å²) >= 11 is 3.72. The Balaban J connectivity index is 2.01. The molecule has 3 heteroatoms. The van der Waals surface area contributed by atoms with Crippen molar-refractivity contribution < 1.29 is 5.11 Å². The molecule has 1 heterocycles. The number of likely N-dealkylation sites (N-methyl/N-ethyl adjacent to an activating group) is 1. The minimum absolute atomic E-state index is 0.258. The van der Waals surface area contributed by atoms with Gasteiger partial charge in [0.25, 0.3) is 0 Å². The molecular formula is C18H24BrNO. The molecule has 1 aromatic rings. The molecule has 2 bridgehead atoms. The lowest BCUT2D eigenvalue weighted by Crippen LogP contribution is -2.66. The fourth-order valence-corrected chi connectivity index (χ4v) is 6.53. The van der Waals surface area contributed by atoms with Gasteiger partial charge in [0.05, 0.1) is 4.47 Å². The standard InChI is InChI=1S/C18H24BrNO/c1-17-7-3-4-8-18(17)9-10-20(2)14(17)11-12-5-6-13(21)16(19)15(12)18/h5-6,14,21H,3-4,7-11H2,1-2H3/t14-,17+,18+/m0/s1. The Kier molecular flexibility index (Phi) is 3.01. The summed E-state index contributed by atoms with van der Waals surface area (Å²) in [5, 5.41) is 10.2. The van der Waals surface area contributed by atoms with Crippen molar-refractivity contribution in [1.29, 1.82) is 0 Å². The Hall–Kier alpha value is -0.540. The third-order valence-corrected chi connectivity index (χ3v) is 7.70. The smallest absolute Gasteiger partial charge is 0.130 e. The van der Waals surface area contributed by atoms with Gasteiger partial charge in [-0.05, 0) is 77.8 Å². The molecule has 0 aromatic heterocycles. The number of halogens is 1. The number of nitrogens with zero attached hydrogens (tertiary/aromatic N) is 1. The van der Waals surface area contributed by atoms with Crippen molar-refractivity contribution in [3.05, 3.63) is 27.7 Å². The molecular weight excluding hydrogens is 326 g/mol. The molecule has 2 fully saturated rings. The number of phenolic OH excluding ortho intramolecular Hbond substituents is 1. The number of rotatable bonds is 0. The fourth-order valence-electron chi connectivity index (χ4n) is 5.77. The molecule has 4 rings (SSSR count). The molecule has 1 aliphatic heterocycles. The lowest BCUT2D eigenvalue weighted by atomic mass is 9.45. The lowest BCUT2D eigenvalue weighted by molar-refractivity contribution is -0.0740. The van der Waals surface area contributed by atoms with Gasteiger partial charge in [-0.15, -0.1) is 0 Å². The number of hydrogen-bond donors (Lipinski definition) is 1. The van der Waals surface area contributed by atoms with Gasteiger partial charge in [0.1, 0.15) is 5.75 Å². The first-order valence-electron chi connectivity index (χ1n) is 8.21. The SMILES string of the molecule is CN1CC[C@@]23CCCC[C@]2(C)[C@@H]1Cc1ccc(O)c(Br)c13. The average Bonchev–Trinajstić information content (AvgIpc) is 2.46. The van der Waals surface area contributed by atoms with Gasteiger partial charge in [-0.3, -0.25) is 0 Å². The number of aromatic hydroxyl groups is 1. The van der Waals surface area contributed by atoms with Crippen molar-refractivity contribution in [2.24, 2.45) is 5.41 Å². The van der Waals surface area contributed by atoms with Crippen molar-refractivity contribution >= 4 is 15.9 Å². The van der Waals surface area contributed by atoms with E-state index in [1.54, 1.807) is 0 Å². The molecule has 114 valence electrons.